The standard InChI is InChI=1S/C17H26N2O2/c1-4-6-12-19(13-7-5-2)17(21)15-10-8-9-11-16(15)18-14(3)20/h8-11H,4-7,12-13H2,1-3H3,(H,18,20). The van der Waals surface area contributed by atoms with Gasteiger partial charge in [0.2, 0.25) is 5.91 Å². The number of nitrogens with one attached hydrogen (secondary N) is 1. The fourth-order valence-corrected chi connectivity index (χ4v) is 2.15. The number of anilines is 1. The number of amides is 2. The van der Waals surface area contributed by atoms with E-state index in [0.717, 1.165) is 38.8 Å². The van der Waals surface area contributed by atoms with Crippen molar-refractivity contribution in [1.29, 1.82) is 0 Å². The van der Waals surface area contributed by atoms with Crippen molar-refractivity contribution in [3.63, 3.8) is 0 Å². The molecule has 21 heavy (non-hydrogen) atoms. The Labute approximate surface area is 127 Å². The maximum absolute atomic E-state index is 12.7. The lowest BCUT2D eigenvalue weighted by molar-refractivity contribution is -0.114. The van der Waals surface area contributed by atoms with Gasteiger partial charge in [-0.05, 0) is 25.0 Å². The van der Waals surface area contributed by atoms with Crippen LogP contribution in [0, 0.1) is 0 Å². The van der Waals surface area contributed by atoms with E-state index in [1.807, 2.05) is 17.0 Å². The van der Waals surface area contributed by atoms with E-state index in [9.17, 15) is 9.59 Å². The fourth-order valence-electron chi connectivity index (χ4n) is 2.15. The second-order valence-electron chi connectivity index (χ2n) is 5.23. The lowest BCUT2D eigenvalue weighted by atomic mass is 10.1. The molecular formula is C17H26N2O2. The average Bonchev–Trinajstić information content (AvgIpc) is 2.47. The van der Waals surface area contributed by atoms with Crippen molar-refractivity contribution in [1.82, 2.24) is 4.90 Å². The van der Waals surface area contributed by atoms with E-state index in [1.165, 1.54) is 6.92 Å². The van der Waals surface area contributed by atoms with Gasteiger partial charge < -0.3 is 10.2 Å². The van der Waals surface area contributed by atoms with Gasteiger partial charge in [-0.25, -0.2) is 0 Å². The minimum absolute atomic E-state index is 0.00116. The number of nitrogens with zero attached hydrogens (tertiary/aromatic N) is 1. The quantitative estimate of drug-likeness (QED) is 0.794. The maximum Gasteiger partial charge on any atom is 0.255 e. The molecule has 4 nitrogen and oxygen atoms in total. The van der Waals surface area contributed by atoms with Crippen LogP contribution >= 0.6 is 0 Å². The van der Waals surface area contributed by atoms with Crippen LogP contribution in [0.15, 0.2) is 24.3 Å². The Morgan fingerprint density at radius 3 is 2.14 bits per heavy atom. The van der Waals surface area contributed by atoms with Gasteiger partial charge in [0, 0.05) is 20.0 Å². The van der Waals surface area contributed by atoms with Gasteiger partial charge in [-0.1, -0.05) is 38.8 Å². The minimum Gasteiger partial charge on any atom is -0.339 e. The predicted molar refractivity (Wildman–Crippen MR) is 86.5 cm³/mol. The van der Waals surface area contributed by atoms with E-state index in [2.05, 4.69) is 19.2 Å². The first-order valence-corrected chi connectivity index (χ1v) is 7.76. The molecule has 0 aliphatic carbocycles. The zero-order valence-electron chi connectivity index (χ0n) is 13.3. The number of hydrogen-bond acceptors (Lipinski definition) is 2. The minimum atomic E-state index is -0.163. The number of carbonyl (C=O) groups excluding carboxylic acids is 2. The van der Waals surface area contributed by atoms with Crippen molar-refractivity contribution < 1.29 is 9.59 Å². The normalized spacial score (nSPS) is 10.2. The SMILES string of the molecule is CCCCN(CCCC)C(=O)c1ccccc1NC(C)=O. The van der Waals surface area contributed by atoms with E-state index in [4.69, 9.17) is 0 Å². The molecule has 0 aromatic heterocycles. The lowest BCUT2D eigenvalue weighted by Gasteiger charge is -2.23. The Morgan fingerprint density at radius 1 is 1.05 bits per heavy atom. The molecule has 1 aromatic carbocycles. The van der Waals surface area contributed by atoms with Crippen molar-refractivity contribution >= 4 is 17.5 Å². The summed E-state index contributed by atoms with van der Waals surface area (Å²) in [6.45, 7) is 7.22. The molecule has 0 unspecified atom stereocenters. The van der Waals surface area contributed by atoms with E-state index < -0.39 is 0 Å². The molecular weight excluding hydrogens is 264 g/mol. The Kier molecular flexibility index (Phi) is 7.51. The molecule has 0 aliphatic heterocycles. The van der Waals surface area contributed by atoms with Gasteiger partial charge in [0.05, 0.1) is 11.3 Å². The molecule has 0 heterocycles. The molecule has 0 fully saturated rings. The highest BCUT2D eigenvalue weighted by Gasteiger charge is 2.18. The molecule has 0 radical (unpaired) electrons. The highest BCUT2D eigenvalue weighted by molar-refractivity contribution is 6.03. The smallest absolute Gasteiger partial charge is 0.255 e. The number of benzene rings is 1. The largest absolute Gasteiger partial charge is 0.339 e. The third kappa shape index (κ3) is 5.58. The highest BCUT2D eigenvalue weighted by Crippen LogP contribution is 2.18. The molecule has 1 rings (SSSR count). The molecule has 4 heteroatoms. The van der Waals surface area contributed by atoms with Crippen LogP contribution in [0.5, 0.6) is 0 Å². The van der Waals surface area contributed by atoms with Crippen LogP contribution in [0.1, 0.15) is 56.8 Å². The third-order valence-corrected chi connectivity index (χ3v) is 3.32. The first-order chi connectivity index (χ1) is 10.1. The van der Waals surface area contributed by atoms with Gasteiger partial charge >= 0.3 is 0 Å². The fraction of sp³-hybridized carbons (Fsp3) is 0.529. The summed E-state index contributed by atoms with van der Waals surface area (Å²) in [6.07, 6.45) is 4.11. The molecule has 2 amide bonds. The van der Waals surface area contributed by atoms with Crippen LogP contribution in [0.3, 0.4) is 0 Å². The number of hydrogen-bond donors (Lipinski definition) is 1. The summed E-state index contributed by atoms with van der Waals surface area (Å²) < 4.78 is 0. The number of para-hydroxylation sites is 1. The molecule has 1 aromatic rings. The molecule has 0 saturated heterocycles. The monoisotopic (exact) mass is 290 g/mol. The van der Waals surface area contributed by atoms with E-state index in [-0.39, 0.29) is 11.8 Å². The Hall–Kier alpha value is -1.84. The van der Waals surface area contributed by atoms with Crippen molar-refractivity contribution in [3.8, 4) is 0 Å². The summed E-state index contributed by atoms with van der Waals surface area (Å²) in [7, 11) is 0. The Balaban J connectivity index is 2.93. The highest BCUT2D eigenvalue weighted by atomic mass is 16.2. The third-order valence-electron chi connectivity index (χ3n) is 3.32. The van der Waals surface area contributed by atoms with Gasteiger partial charge in [-0.3, -0.25) is 9.59 Å². The van der Waals surface area contributed by atoms with Crippen LogP contribution in [0.2, 0.25) is 0 Å². The summed E-state index contributed by atoms with van der Waals surface area (Å²) in [4.78, 5) is 25.9. The zero-order chi connectivity index (χ0) is 15.7. The zero-order valence-corrected chi connectivity index (χ0v) is 13.3. The second-order valence-corrected chi connectivity index (χ2v) is 5.23. The molecule has 0 bridgehead atoms. The summed E-state index contributed by atoms with van der Waals surface area (Å²) in [5, 5.41) is 2.73. The molecule has 0 saturated carbocycles. The maximum atomic E-state index is 12.7. The topological polar surface area (TPSA) is 49.4 Å². The summed E-state index contributed by atoms with van der Waals surface area (Å²) >= 11 is 0. The van der Waals surface area contributed by atoms with Crippen LogP contribution in [-0.2, 0) is 4.79 Å². The lowest BCUT2D eigenvalue weighted by Crippen LogP contribution is -2.33. The Morgan fingerprint density at radius 2 is 1.62 bits per heavy atom. The van der Waals surface area contributed by atoms with Crippen molar-refractivity contribution in [3.05, 3.63) is 29.8 Å². The van der Waals surface area contributed by atoms with Crippen LogP contribution < -0.4 is 5.32 Å². The van der Waals surface area contributed by atoms with Crippen LogP contribution in [-0.4, -0.2) is 29.8 Å². The van der Waals surface area contributed by atoms with E-state index in [0.29, 0.717) is 11.3 Å². The van der Waals surface area contributed by atoms with Crippen molar-refractivity contribution in [2.45, 2.75) is 46.5 Å². The Bertz CT molecular complexity index is 464. The molecule has 0 atom stereocenters. The van der Waals surface area contributed by atoms with E-state index >= 15 is 0 Å². The van der Waals surface area contributed by atoms with Gasteiger partial charge in [0.25, 0.3) is 5.91 Å². The summed E-state index contributed by atoms with van der Waals surface area (Å²) in [5.41, 5.74) is 1.16. The van der Waals surface area contributed by atoms with Crippen molar-refractivity contribution in [2.75, 3.05) is 18.4 Å². The van der Waals surface area contributed by atoms with Crippen LogP contribution in [0.4, 0.5) is 5.69 Å². The molecule has 116 valence electrons. The van der Waals surface area contributed by atoms with Gasteiger partial charge in [0.1, 0.15) is 0 Å². The number of rotatable bonds is 8. The first-order valence-electron chi connectivity index (χ1n) is 7.76. The molecule has 1 N–H and O–H groups in total. The van der Waals surface area contributed by atoms with Gasteiger partial charge in [-0.15, -0.1) is 0 Å². The van der Waals surface area contributed by atoms with Gasteiger partial charge in [-0.2, -0.15) is 0 Å². The van der Waals surface area contributed by atoms with Crippen LogP contribution in [0.25, 0.3) is 0 Å². The predicted octanol–water partition coefficient (Wildman–Crippen LogP) is 3.69. The van der Waals surface area contributed by atoms with Gasteiger partial charge in [0.15, 0.2) is 0 Å². The first kappa shape index (κ1) is 17.2. The number of carbonyl (C=O) groups is 2. The van der Waals surface area contributed by atoms with Crippen molar-refractivity contribution in [2.24, 2.45) is 0 Å². The number of unbranched alkanes of at least 4 members (excludes halogenated alkanes) is 2. The summed E-state index contributed by atoms with van der Waals surface area (Å²) in [6, 6.07) is 7.20. The molecule has 0 spiro atoms. The summed E-state index contributed by atoms with van der Waals surface area (Å²) in [5.74, 6) is -0.162. The second kappa shape index (κ2) is 9.16. The molecule has 0 aliphatic rings. The average molecular weight is 290 g/mol. The van der Waals surface area contributed by atoms with E-state index in [1.54, 1.807) is 12.1 Å².